The van der Waals surface area contributed by atoms with Crippen LogP contribution in [0, 0.1) is 6.92 Å². The van der Waals surface area contributed by atoms with Gasteiger partial charge in [0.25, 0.3) is 5.91 Å². The minimum absolute atomic E-state index is 0.192. The second-order valence-corrected chi connectivity index (χ2v) is 6.43. The van der Waals surface area contributed by atoms with Gasteiger partial charge in [0.05, 0.1) is 12.8 Å². The molecule has 1 rings (SSSR count). The summed E-state index contributed by atoms with van der Waals surface area (Å²) in [7, 11) is 1.47. The van der Waals surface area contributed by atoms with Crippen molar-refractivity contribution in [2.45, 2.75) is 45.6 Å². The summed E-state index contributed by atoms with van der Waals surface area (Å²) in [6.07, 6.45) is 1.28. The van der Waals surface area contributed by atoms with Crippen molar-refractivity contribution >= 4 is 35.2 Å². The van der Waals surface area contributed by atoms with E-state index >= 15 is 0 Å². The maximum absolute atomic E-state index is 12.3. The molecule has 0 unspecified atom stereocenters. The number of hydrogen-bond donors (Lipinski definition) is 3. The van der Waals surface area contributed by atoms with Crippen LogP contribution in [0.3, 0.4) is 0 Å². The predicted octanol–water partition coefficient (Wildman–Crippen LogP) is 2.76. The number of rotatable bonds is 10. The first-order chi connectivity index (χ1) is 12.7. The fraction of sp³-hybridized carbons (Fsp3) is 0.500. The Labute approximate surface area is 163 Å². The normalized spacial score (nSPS) is 11.4. The molecule has 0 aromatic heterocycles. The Bertz CT molecular complexity index is 681. The van der Waals surface area contributed by atoms with Crippen LogP contribution in [0.5, 0.6) is 5.75 Å². The molecule has 0 saturated heterocycles. The summed E-state index contributed by atoms with van der Waals surface area (Å²) in [5.74, 6) is -0.504. The van der Waals surface area contributed by atoms with Crippen molar-refractivity contribution in [1.29, 1.82) is 0 Å². The number of methoxy groups -OCH3 is 1. The van der Waals surface area contributed by atoms with Crippen molar-refractivity contribution in [1.82, 2.24) is 5.32 Å². The number of ether oxygens (including phenoxy) is 2. The number of urea groups is 1. The molecule has 0 aliphatic heterocycles. The smallest absolute Gasteiger partial charge is 0.312 e. The van der Waals surface area contributed by atoms with E-state index in [1.165, 1.54) is 14.0 Å². The first-order valence-electron chi connectivity index (χ1n) is 8.62. The maximum Gasteiger partial charge on any atom is 0.312 e. The van der Waals surface area contributed by atoms with E-state index in [1.807, 2.05) is 0 Å². The molecular weight excluding hydrogens is 374 g/mol. The van der Waals surface area contributed by atoms with Gasteiger partial charge in [0.2, 0.25) is 0 Å². The molecule has 0 fully saturated rings. The number of primary amides is 1. The van der Waals surface area contributed by atoms with Crippen LogP contribution in [0.1, 0.15) is 38.2 Å². The quantitative estimate of drug-likeness (QED) is 0.412. The highest BCUT2D eigenvalue weighted by molar-refractivity contribution is 6.31. The lowest BCUT2D eigenvalue weighted by Crippen LogP contribution is -2.30. The molecule has 8 nitrogen and oxygen atoms in total. The minimum atomic E-state index is -0.949. The van der Waals surface area contributed by atoms with Gasteiger partial charge < -0.3 is 25.8 Å². The van der Waals surface area contributed by atoms with Crippen LogP contribution in [0.15, 0.2) is 12.1 Å². The number of anilines is 1. The molecule has 4 N–H and O–H groups in total. The summed E-state index contributed by atoms with van der Waals surface area (Å²) >= 11 is 6.04. The zero-order chi connectivity index (χ0) is 20.4. The van der Waals surface area contributed by atoms with Gasteiger partial charge in [-0.25, -0.2) is 4.79 Å². The van der Waals surface area contributed by atoms with Crippen LogP contribution in [-0.4, -0.2) is 37.7 Å². The van der Waals surface area contributed by atoms with Crippen molar-refractivity contribution in [2.24, 2.45) is 5.73 Å². The molecule has 1 atom stereocenters. The van der Waals surface area contributed by atoms with Crippen molar-refractivity contribution in [3.05, 3.63) is 22.7 Å². The molecule has 0 aliphatic carbocycles. The number of carbonyl (C=O) groups is 3. The number of nitrogens with one attached hydrogen (secondary N) is 2. The number of esters is 1. The molecule has 0 aliphatic rings. The lowest BCUT2D eigenvalue weighted by atomic mass is 10.2. The molecule has 3 amide bonds. The third-order valence-corrected chi connectivity index (χ3v) is 4.18. The number of carbonyl (C=O) groups excluding carboxylic acids is 3. The summed E-state index contributed by atoms with van der Waals surface area (Å²) in [4.78, 5) is 34.6. The van der Waals surface area contributed by atoms with E-state index in [2.05, 4.69) is 10.6 Å². The number of nitrogens with two attached hydrogens (primary N) is 1. The Balaban J connectivity index is 2.43. The van der Waals surface area contributed by atoms with E-state index in [1.54, 1.807) is 19.1 Å². The molecule has 0 bridgehead atoms. The van der Waals surface area contributed by atoms with Crippen molar-refractivity contribution < 1.29 is 23.9 Å². The molecule has 0 spiro atoms. The van der Waals surface area contributed by atoms with E-state index in [-0.39, 0.29) is 6.42 Å². The summed E-state index contributed by atoms with van der Waals surface area (Å²) in [6, 6.07) is 2.73. The Kier molecular flexibility index (Phi) is 9.42. The maximum atomic E-state index is 12.3. The molecule has 0 saturated carbocycles. The average molecular weight is 400 g/mol. The molecule has 1 aromatic rings. The monoisotopic (exact) mass is 399 g/mol. The lowest BCUT2D eigenvalue weighted by molar-refractivity contribution is -0.153. The van der Waals surface area contributed by atoms with Crippen LogP contribution < -0.4 is 21.1 Å². The number of unbranched alkanes of at least 4 members (excludes halogenated alkanes) is 2. The topological polar surface area (TPSA) is 120 Å². The van der Waals surface area contributed by atoms with E-state index in [9.17, 15) is 14.4 Å². The van der Waals surface area contributed by atoms with Gasteiger partial charge in [-0.1, -0.05) is 18.0 Å². The Morgan fingerprint density at radius 2 is 1.93 bits per heavy atom. The largest absolute Gasteiger partial charge is 0.495 e. The van der Waals surface area contributed by atoms with Gasteiger partial charge in [-0.3, -0.25) is 9.59 Å². The second kappa shape index (κ2) is 11.3. The lowest BCUT2D eigenvalue weighted by Gasteiger charge is -2.16. The van der Waals surface area contributed by atoms with Gasteiger partial charge in [-0.05, 0) is 38.3 Å². The van der Waals surface area contributed by atoms with Crippen molar-refractivity contribution in [3.8, 4) is 5.75 Å². The zero-order valence-corrected chi connectivity index (χ0v) is 16.5. The van der Waals surface area contributed by atoms with E-state index in [4.69, 9.17) is 26.8 Å². The highest BCUT2D eigenvalue weighted by atomic mass is 35.5. The van der Waals surface area contributed by atoms with Gasteiger partial charge >= 0.3 is 12.0 Å². The Morgan fingerprint density at radius 3 is 2.56 bits per heavy atom. The first kappa shape index (κ1) is 22.6. The van der Waals surface area contributed by atoms with Crippen LogP contribution in [0.2, 0.25) is 5.02 Å². The van der Waals surface area contributed by atoms with Gasteiger partial charge in [-0.2, -0.15) is 0 Å². The SMILES string of the molecule is COc1cc(Cl)c(C)cc1NC(=O)[C@H](C)OC(=O)CCCCCNC(N)=O. The zero-order valence-electron chi connectivity index (χ0n) is 15.8. The van der Waals surface area contributed by atoms with E-state index in [0.717, 1.165) is 12.0 Å². The van der Waals surface area contributed by atoms with Gasteiger partial charge in [0.15, 0.2) is 6.10 Å². The first-order valence-corrected chi connectivity index (χ1v) is 9.00. The third-order valence-electron chi connectivity index (χ3n) is 3.77. The van der Waals surface area contributed by atoms with Crippen LogP contribution >= 0.6 is 11.6 Å². The van der Waals surface area contributed by atoms with Crippen molar-refractivity contribution in [2.75, 3.05) is 19.0 Å². The van der Waals surface area contributed by atoms with Gasteiger partial charge in [0, 0.05) is 24.1 Å². The summed E-state index contributed by atoms with van der Waals surface area (Å²) < 4.78 is 10.4. The molecule has 0 radical (unpaired) electrons. The van der Waals surface area contributed by atoms with Gasteiger partial charge in [-0.15, -0.1) is 0 Å². The Hall–Kier alpha value is -2.48. The fourth-order valence-electron chi connectivity index (χ4n) is 2.26. The number of aryl methyl sites for hydroxylation is 1. The number of halogens is 1. The van der Waals surface area contributed by atoms with Crippen molar-refractivity contribution in [3.63, 3.8) is 0 Å². The minimum Gasteiger partial charge on any atom is -0.495 e. The Morgan fingerprint density at radius 1 is 1.22 bits per heavy atom. The number of amides is 3. The van der Waals surface area contributed by atoms with Crippen LogP contribution in [-0.2, 0) is 14.3 Å². The molecule has 27 heavy (non-hydrogen) atoms. The standard InChI is InChI=1S/C18H26ClN3O5/c1-11-9-14(15(26-3)10-13(11)19)22-17(24)12(2)27-16(23)7-5-4-6-8-21-18(20)25/h9-10,12H,4-8H2,1-3H3,(H,22,24)(H3,20,21,25)/t12-/m0/s1. The highest BCUT2D eigenvalue weighted by Gasteiger charge is 2.19. The average Bonchev–Trinajstić information content (AvgIpc) is 2.60. The fourth-order valence-corrected chi connectivity index (χ4v) is 2.41. The van der Waals surface area contributed by atoms with Gasteiger partial charge in [0.1, 0.15) is 5.75 Å². The second-order valence-electron chi connectivity index (χ2n) is 6.02. The van der Waals surface area contributed by atoms with Crippen LogP contribution in [0.4, 0.5) is 10.5 Å². The van der Waals surface area contributed by atoms with Crippen LogP contribution in [0.25, 0.3) is 0 Å². The summed E-state index contributed by atoms with van der Waals surface area (Å²) in [5, 5.41) is 5.67. The molecule has 150 valence electrons. The van der Waals surface area contributed by atoms with E-state index in [0.29, 0.717) is 35.8 Å². The molecular formula is C18H26ClN3O5. The molecule has 9 heteroatoms. The number of benzene rings is 1. The number of hydrogen-bond acceptors (Lipinski definition) is 5. The highest BCUT2D eigenvalue weighted by Crippen LogP contribution is 2.31. The summed E-state index contributed by atoms with van der Waals surface area (Å²) in [6.45, 7) is 3.77. The molecule has 0 heterocycles. The summed E-state index contributed by atoms with van der Waals surface area (Å²) in [5.41, 5.74) is 6.18. The van der Waals surface area contributed by atoms with E-state index < -0.39 is 24.0 Å². The third kappa shape index (κ3) is 8.17. The molecule has 1 aromatic carbocycles. The predicted molar refractivity (Wildman–Crippen MR) is 103 cm³/mol.